The van der Waals surface area contributed by atoms with Gasteiger partial charge in [0.05, 0.1) is 40.7 Å². The highest BCUT2D eigenvalue weighted by atomic mass is 16.4. The number of para-hydroxylation sites is 3. The van der Waals surface area contributed by atoms with Gasteiger partial charge in [-0.25, -0.2) is 14.4 Å². The van der Waals surface area contributed by atoms with Crippen LogP contribution in [0.4, 0.5) is 16.2 Å². The van der Waals surface area contributed by atoms with E-state index in [-0.39, 0.29) is 0 Å². The van der Waals surface area contributed by atoms with Crippen LogP contribution in [-0.4, -0.2) is 26.0 Å². The van der Waals surface area contributed by atoms with E-state index in [1.165, 1.54) is 4.90 Å². The van der Waals surface area contributed by atoms with Crippen LogP contribution >= 0.6 is 0 Å². The Labute approximate surface area is 162 Å². The predicted octanol–water partition coefficient (Wildman–Crippen LogP) is 5.27. The van der Waals surface area contributed by atoms with Gasteiger partial charge in [0.2, 0.25) is 0 Å². The fourth-order valence-corrected chi connectivity index (χ4v) is 3.19. The third-order valence-corrected chi connectivity index (χ3v) is 4.46. The van der Waals surface area contributed by atoms with Crippen LogP contribution in [0.25, 0.3) is 22.2 Å². The average Bonchev–Trinajstić information content (AvgIpc) is 3.18. The van der Waals surface area contributed by atoms with Gasteiger partial charge in [-0.15, -0.1) is 0 Å². The number of fused-ring (bicyclic) bond motifs is 1. The van der Waals surface area contributed by atoms with Crippen molar-refractivity contribution in [2.45, 2.75) is 6.92 Å². The molecule has 2 heterocycles. The minimum atomic E-state index is -1.10. The van der Waals surface area contributed by atoms with E-state index >= 15 is 0 Å². The molecule has 138 valence electrons. The molecule has 4 rings (SSSR count). The molecule has 0 fully saturated rings. The zero-order valence-corrected chi connectivity index (χ0v) is 15.3. The number of carbonyl (C=O) groups is 1. The average molecular weight is 370 g/mol. The summed E-state index contributed by atoms with van der Waals surface area (Å²) in [6.45, 7) is 5.87. The van der Waals surface area contributed by atoms with Crippen LogP contribution in [0.2, 0.25) is 0 Å². The van der Waals surface area contributed by atoms with E-state index in [2.05, 4.69) is 16.7 Å². The highest BCUT2D eigenvalue weighted by molar-refractivity contribution is 5.99. The Kier molecular flexibility index (Phi) is 4.37. The van der Waals surface area contributed by atoms with Gasteiger partial charge >= 0.3 is 6.09 Å². The van der Waals surface area contributed by atoms with Gasteiger partial charge in [-0.2, -0.15) is 5.10 Å². The van der Waals surface area contributed by atoms with Crippen LogP contribution in [0, 0.1) is 0 Å². The minimum Gasteiger partial charge on any atom is -0.464 e. The van der Waals surface area contributed by atoms with Gasteiger partial charge in [-0.3, -0.25) is 4.98 Å². The third-order valence-electron chi connectivity index (χ3n) is 4.46. The molecular weight excluding hydrogens is 352 g/mol. The molecule has 0 radical (unpaired) electrons. The number of hydrogen-bond donors (Lipinski definition) is 1. The Balaban J connectivity index is 1.91. The highest BCUT2D eigenvalue weighted by Gasteiger charge is 2.22. The molecule has 0 atom stereocenters. The van der Waals surface area contributed by atoms with Gasteiger partial charge in [0, 0.05) is 5.39 Å². The number of benzene rings is 2. The SMILES string of the molecule is C=C(C)c1ccnn1-c1ccccc1N(C(=O)O)c1cnc2ccccc2c1. The monoisotopic (exact) mass is 370 g/mol. The fraction of sp³-hybridized carbons (Fsp3) is 0.0455. The van der Waals surface area contributed by atoms with Crippen LogP contribution in [0.1, 0.15) is 12.6 Å². The van der Waals surface area contributed by atoms with Crippen molar-refractivity contribution in [2.24, 2.45) is 0 Å². The van der Waals surface area contributed by atoms with Crippen LogP contribution in [-0.2, 0) is 0 Å². The molecule has 0 saturated carbocycles. The zero-order chi connectivity index (χ0) is 19.7. The first-order chi connectivity index (χ1) is 13.6. The lowest BCUT2D eigenvalue weighted by Crippen LogP contribution is -2.25. The molecule has 2 aromatic heterocycles. The third kappa shape index (κ3) is 3.01. The molecule has 4 aromatic rings. The predicted molar refractivity (Wildman–Crippen MR) is 110 cm³/mol. The second-order valence-corrected chi connectivity index (χ2v) is 6.40. The first-order valence-electron chi connectivity index (χ1n) is 8.73. The summed E-state index contributed by atoms with van der Waals surface area (Å²) in [6, 6.07) is 18.5. The quantitative estimate of drug-likeness (QED) is 0.531. The minimum absolute atomic E-state index is 0.461. The molecule has 6 heteroatoms. The summed E-state index contributed by atoms with van der Waals surface area (Å²) >= 11 is 0. The van der Waals surface area contributed by atoms with Crippen molar-refractivity contribution >= 4 is 33.9 Å². The van der Waals surface area contributed by atoms with E-state index in [9.17, 15) is 9.90 Å². The fourth-order valence-electron chi connectivity index (χ4n) is 3.19. The first kappa shape index (κ1) is 17.5. The summed E-state index contributed by atoms with van der Waals surface area (Å²) in [6.07, 6.45) is 2.13. The molecule has 2 aromatic carbocycles. The molecule has 6 nitrogen and oxygen atoms in total. The molecule has 0 aliphatic heterocycles. The van der Waals surface area contributed by atoms with Crippen LogP contribution in [0.3, 0.4) is 0 Å². The summed E-state index contributed by atoms with van der Waals surface area (Å²) in [5.74, 6) is 0. The number of aromatic nitrogens is 3. The molecule has 0 unspecified atom stereocenters. The normalized spacial score (nSPS) is 10.8. The first-order valence-corrected chi connectivity index (χ1v) is 8.73. The number of nitrogens with zero attached hydrogens (tertiary/aromatic N) is 4. The van der Waals surface area contributed by atoms with Crippen molar-refractivity contribution in [1.82, 2.24) is 14.8 Å². The van der Waals surface area contributed by atoms with E-state index < -0.39 is 6.09 Å². The van der Waals surface area contributed by atoms with Crippen molar-refractivity contribution in [3.63, 3.8) is 0 Å². The standard InChI is InChI=1S/C22H18N4O2/c1-15(2)19-11-12-24-26(19)21-10-6-5-9-20(21)25(22(27)28)17-13-16-7-3-4-8-18(16)23-14-17/h3-14H,1H2,2H3,(H,27,28). The molecule has 1 amide bonds. The molecule has 0 saturated heterocycles. The Hall–Kier alpha value is -3.93. The van der Waals surface area contributed by atoms with E-state index in [1.54, 1.807) is 29.2 Å². The summed E-state index contributed by atoms with van der Waals surface area (Å²) in [5, 5.41) is 15.2. The van der Waals surface area contributed by atoms with E-state index in [0.717, 1.165) is 22.2 Å². The van der Waals surface area contributed by atoms with Gasteiger partial charge in [0.1, 0.15) is 0 Å². The van der Waals surface area contributed by atoms with Gasteiger partial charge in [-0.05, 0) is 42.8 Å². The molecule has 0 aliphatic rings. The van der Waals surface area contributed by atoms with Crippen molar-refractivity contribution in [3.05, 3.63) is 85.3 Å². The van der Waals surface area contributed by atoms with Gasteiger partial charge in [0.15, 0.2) is 0 Å². The van der Waals surface area contributed by atoms with Crippen LogP contribution < -0.4 is 4.90 Å². The van der Waals surface area contributed by atoms with Gasteiger partial charge in [0.25, 0.3) is 0 Å². The van der Waals surface area contributed by atoms with Crippen molar-refractivity contribution in [2.75, 3.05) is 4.90 Å². The molecule has 1 N–H and O–H groups in total. The van der Waals surface area contributed by atoms with E-state index in [0.29, 0.717) is 17.1 Å². The lowest BCUT2D eigenvalue weighted by atomic mass is 10.1. The summed E-state index contributed by atoms with van der Waals surface area (Å²) in [4.78, 5) is 17.9. The zero-order valence-electron chi connectivity index (χ0n) is 15.3. The second-order valence-electron chi connectivity index (χ2n) is 6.40. The van der Waals surface area contributed by atoms with Crippen LogP contribution in [0.5, 0.6) is 0 Å². The Morgan fingerprint density at radius 2 is 1.86 bits per heavy atom. The van der Waals surface area contributed by atoms with Crippen LogP contribution in [0.15, 0.2) is 79.6 Å². The Morgan fingerprint density at radius 3 is 2.64 bits per heavy atom. The summed E-state index contributed by atoms with van der Waals surface area (Å²) < 4.78 is 1.70. The van der Waals surface area contributed by atoms with E-state index in [4.69, 9.17) is 0 Å². The van der Waals surface area contributed by atoms with Gasteiger partial charge < -0.3 is 5.11 Å². The Bertz CT molecular complexity index is 1200. The maximum Gasteiger partial charge on any atom is 0.416 e. The molecule has 0 aliphatic carbocycles. The number of amides is 1. The number of carboxylic acid groups (broad SMARTS) is 1. The maximum atomic E-state index is 12.2. The molecule has 28 heavy (non-hydrogen) atoms. The number of rotatable bonds is 4. The number of allylic oxidation sites excluding steroid dienone is 1. The second kappa shape index (κ2) is 7.00. The topological polar surface area (TPSA) is 71.2 Å². The molecular formula is C22H18N4O2. The number of pyridine rings is 1. The largest absolute Gasteiger partial charge is 0.464 e. The van der Waals surface area contributed by atoms with Crippen molar-refractivity contribution in [1.29, 1.82) is 0 Å². The lowest BCUT2D eigenvalue weighted by molar-refractivity contribution is 0.205. The highest BCUT2D eigenvalue weighted by Crippen LogP contribution is 2.33. The van der Waals surface area contributed by atoms with Crippen molar-refractivity contribution in [3.8, 4) is 5.69 Å². The van der Waals surface area contributed by atoms with E-state index in [1.807, 2.05) is 55.5 Å². The number of hydrogen-bond acceptors (Lipinski definition) is 3. The van der Waals surface area contributed by atoms with Crippen molar-refractivity contribution < 1.29 is 9.90 Å². The maximum absolute atomic E-state index is 12.2. The lowest BCUT2D eigenvalue weighted by Gasteiger charge is -2.23. The summed E-state index contributed by atoms with van der Waals surface area (Å²) in [7, 11) is 0. The smallest absolute Gasteiger partial charge is 0.416 e. The summed E-state index contributed by atoms with van der Waals surface area (Å²) in [5.41, 5.74) is 4.04. The molecule has 0 bridgehead atoms. The molecule has 0 spiro atoms. The Morgan fingerprint density at radius 1 is 1.11 bits per heavy atom. The van der Waals surface area contributed by atoms with Gasteiger partial charge in [-0.1, -0.05) is 36.9 Å². The number of anilines is 2.